The average Bonchev–Trinajstić information content (AvgIpc) is 2.01. The van der Waals surface area contributed by atoms with Gasteiger partial charge in [-0.3, -0.25) is 0 Å². The van der Waals surface area contributed by atoms with Gasteiger partial charge in [0.2, 0.25) is 0 Å². The van der Waals surface area contributed by atoms with Crippen LogP contribution >= 0.6 is 0 Å². The minimum Gasteiger partial charge on any atom is -0.463 e. The average molecular weight is 197 g/mol. The maximum Gasteiger partial charge on any atom is 0.318 e. The van der Waals surface area contributed by atoms with Crippen molar-refractivity contribution in [3.8, 4) is 6.01 Å². The summed E-state index contributed by atoms with van der Waals surface area (Å²) in [4.78, 5) is 7.72. The number of anilines is 1. The van der Waals surface area contributed by atoms with Crippen LogP contribution < -0.4 is 10.5 Å². The van der Waals surface area contributed by atoms with Gasteiger partial charge in [-0.1, -0.05) is 0 Å². The Morgan fingerprint density at radius 3 is 2.86 bits per heavy atom. The molecule has 1 aromatic rings. The molecule has 0 bridgehead atoms. The smallest absolute Gasteiger partial charge is 0.318 e. The van der Waals surface area contributed by atoms with E-state index >= 15 is 0 Å². The first-order valence-corrected chi connectivity index (χ1v) is 4.41. The molecule has 78 valence electrons. The van der Waals surface area contributed by atoms with Crippen molar-refractivity contribution < 1.29 is 9.84 Å². The van der Waals surface area contributed by atoms with Crippen LogP contribution in [0.25, 0.3) is 0 Å². The molecule has 1 rings (SSSR count). The van der Waals surface area contributed by atoms with Crippen LogP contribution in [0.4, 0.5) is 5.82 Å². The van der Waals surface area contributed by atoms with E-state index in [0.29, 0.717) is 18.8 Å². The van der Waals surface area contributed by atoms with Gasteiger partial charge >= 0.3 is 6.01 Å². The summed E-state index contributed by atoms with van der Waals surface area (Å²) in [7, 11) is 0. The number of aliphatic hydroxyl groups is 1. The van der Waals surface area contributed by atoms with Crippen LogP contribution in [-0.2, 0) is 0 Å². The summed E-state index contributed by atoms with van der Waals surface area (Å²) in [6.45, 7) is 3.81. The molecule has 5 heteroatoms. The van der Waals surface area contributed by atoms with Gasteiger partial charge in [0.1, 0.15) is 5.82 Å². The molecule has 5 nitrogen and oxygen atoms in total. The van der Waals surface area contributed by atoms with Crippen molar-refractivity contribution in [1.82, 2.24) is 9.97 Å². The molecule has 0 aliphatic rings. The van der Waals surface area contributed by atoms with Crippen LogP contribution in [0.5, 0.6) is 6.01 Å². The first kappa shape index (κ1) is 10.7. The van der Waals surface area contributed by atoms with E-state index in [1.165, 1.54) is 6.20 Å². The maximum absolute atomic E-state index is 9.40. The third-order valence-corrected chi connectivity index (χ3v) is 1.60. The lowest BCUT2D eigenvalue weighted by Gasteiger charge is -2.16. The van der Waals surface area contributed by atoms with Gasteiger partial charge in [0.25, 0.3) is 0 Å². The van der Waals surface area contributed by atoms with E-state index in [0.717, 1.165) is 0 Å². The Morgan fingerprint density at radius 1 is 1.57 bits per heavy atom. The van der Waals surface area contributed by atoms with Gasteiger partial charge in [0.15, 0.2) is 0 Å². The Labute approximate surface area is 82.9 Å². The lowest BCUT2D eigenvalue weighted by Crippen LogP contribution is -2.22. The number of hydrogen-bond donors (Lipinski definition) is 2. The van der Waals surface area contributed by atoms with Gasteiger partial charge < -0.3 is 15.6 Å². The molecule has 1 aromatic heterocycles. The molecule has 0 unspecified atom stereocenters. The molecule has 1 heterocycles. The molecule has 0 fully saturated rings. The highest BCUT2D eigenvalue weighted by Crippen LogP contribution is 2.09. The predicted octanol–water partition coefficient (Wildman–Crippen LogP) is 0.599. The standard InChI is InChI=1S/C9H15N3O2/c1-9(2,13)4-6-14-8-11-5-3-7(10)12-8/h3,5,13H,4,6H2,1-2H3,(H2,10,11,12). The summed E-state index contributed by atoms with van der Waals surface area (Å²) >= 11 is 0. The summed E-state index contributed by atoms with van der Waals surface area (Å²) in [6.07, 6.45) is 2.05. The Morgan fingerprint density at radius 2 is 2.29 bits per heavy atom. The molecule has 14 heavy (non-hydrogen) atoms. The molecule has 0 aliphatic carbocycles. The Bertz CT molecular complexity index is 296. The van der Waals surface area contributed by atoms with Gasteiger partial charge in [-0.15, -0.1) is 0 Å². The molecule has 0 atom stereocenters. The lowest BCUT2D eigenvalue weighted by atomic mass is 10.1. The number of aromatic nitrogens is 2. The molecule has 0 saturated heterocycles. The molecular formula is C9H15N3O2. The molecule has 0 aliphatic heterocycles. The topological polar surface area (TPSA) is 81.3 Å². The lowest BCUT2D eigenvalue weighted by molar-refractivity contribution is 0.0540. The maximum atomic E-state index is 9.40. The van der Waals surface area contributed by atoms with E-state index in [9.17, 15) is 5.11 Å². The van der Waals surface area contributed by atoms with Crippen molar-refractivity contribution in [2.45, 2.75) is 25.9 Å². The number of nitrogen functional groups attached to an aromatic ring is 1. The van der Waals surface area contributed by atoms with Gasteiger partial charge in [-0.25, -0.2) is 4.98 Å². The van der Waals surface area contributed by atoms with Crippen LogP contribution in [-0.4, -0.2) is 27.3 Å². The predicted molar refractivity (Wildman–Crippen MR) is 52.9 cm³/mol. The van der Waals surface area contributed by atoms with Crippen molar-refractivity contribution in [2.75, 3.05) is 12.3 Å². The van der Waals surface area contributed by atoms with E-state index < -0.39 is 5.60 Å². The Kier molecular flexibility index (Phi) is 3.24. The highest BCUT2D eigenvalue weighted by atomic mass is 16.5. The van der Waals surface area contributed by atoms with Crippen molar-refractivity contribution in [2.24, 2.45) is 0 Å². The zero-order chi connectivity index (χ0) is 10.6. The van der Waals surface area contributed by atoms with Crippen LogP contribution in [0.1, 0.15) is 20.3 Å². The van der Waals surface area contributed by atoms with Gasteiger partial charge in [-0.2, -0.15) is 4.98 Å². The van der Waals surface area contributed by atoms with Crippen molar-refractivity contribution in [3.05, 3.63) is 12.3 Å². The SMILES string of the molecule is CC(C)(O)CCOc1nccc(N)n1. The Balaban J connectivity index is 2.39. The van der Waals surface area contributed by atoms with Crippen molar-refractivity contribution in [1.29, 1.82) is 0 Å². The summed E-state index contributed by atoms with van der Waals surface area (Å²) < 4.78 is 5.20. The summed E-state index contributed by atoms with van der Waals surface area (Å²) in [5.74, 6) is 0.373. The second-order valence-electron chi connectivity index (χ2n) is 3.67. The third kappa shape index (κ3) is 4.04. The minimum atomic E-state index is -0.736. The second-order valence-corrected chi connectivity index (χ2v) is 3.67. The largest absolute Gasteiger partial charge is 0.463 e. The quantitative estimate of drug-likeness (QED) is 0.738. The number of ether oxygens (including phenoxy) is 1. The molecule has 0 amide bonds. The van der Waals surface area contributed by atoms with E-state index in [2.05, 4.69) is 9.97 Å². The van der Waals surface area contributed by atoms with E-state index in [1.54, 1.807) is 19.9 Å². The highest BCUT2D eigenvalue weighted by Gasteiger charge is 2.12. The molecular weight excluding hydrogens is 182 g/mol. The number of nitrogens with two attached hydrogens (primary N) is 1. The van der Waals surface area contributed by atoms with Crippen LogP contribution in [0.3, 0.4) is 0 Å². The molecule has 0 aromatic carbocycles. The zero-order valence-electron chi connectivity index (χ0n) is 8.40. The van der Waals surface area contributed by atoms with Gasteiger partial charge in [0.05, 0.1) is 12.2 Å². The third-order valence-electron chi connectivity index (χ3n) is 1.60. The van der Waals surface area contributed by atoms with Crippen molar-refractivity contribution >= 4 is 5.82 Å². The highest BCUT2D eigenvalue weighted by molar-refractivity contribution is 5.26. The fourth-order valence-corrected chi connectivity index (χ4v) is 0.816. The van der Waals surface area contributed by atoms with Gasteiger partial charge in [0, 0.05) is 12.6 Å². The van der Waals surface area contributed by atoms with E-state index in [1.807, 2.05) is 0 Å². The first-order valence-electron chi connectivity index (χ1n) is 4.41. The summed E-state index contributed by atoms with van der Waals surface area (Å²) in [5, 5.41) is 9.40. The summed E-state index contributed by atoms with van der Waals surface area (Å²) in [6, 6.07) is 1.83. The summed E-state index contributed by atoms with van der Waals surface area (Å²) in [5.41, 5.74) is 4.70. The minimum absolute atomic E-state index is 0.245. The molecule has 3 N–H and O–H groups in total. The number of hydrogen-bond acceptors (Lipinski definition) is 5. The van der Waals surface area contributed by atoms with E-state index in [-0.39, 0.29) is 6.01 Å². The van der Waals surface area contributed by atoms with E-state index in [4.69, 9.17) is 10.5 Å². The van der Waals surface area contributed by atoms with Crippen LogP contribution in [0, 0.1) is 0 Å². The second kappa shape index (κ2) is 4.23. The molecule has 0 saturated carbocycles. The van der Waals surface area contributed by atoms with Crippen LogP contribution in [0.2, 0.25) is 0 Å². The number of nitrogens with zero attached hydrogens (tertiary/aromatic N) is 2. The Hall–Kier alpha value is -1.36. The first-order chi connectivity index (χ1) is 6.47. The van der Waals surface area contributed by atoms with Crippen LogP contribution in [0.15, 0.2) is 12.3 Å². The van der Waals surface area contributed by atoms with Crippen molar-refractivity contribution in [3.63, 3.8) is 0 Å². The van der Waals surface area contributed by atoms with Gasteiger partial charge in [-0.05, 0) is 19.9 Å². The number of rotatable bonds is 4. The molecule has 0 radical (unpaired) electrons. The fraction of sp³-hybridized carbons (Fsp3) is 0.556. The zero-order valence-corrected chi connectivity index (χ0v) is 8.40. The molecule has 0 spiro atoms. The normalized spacial score (nSPS) is 11.4. The fourth-order valence-electron chi connectivity index (χ4n) is 0.816. The monoisotopic (exact) mass is 197 g/mol.